The first kappa shape index (κ1) is 19.6. The van der Waals surface area contributed by atoms with Crippen molar-refractivity contribution in [1.29, 1.82) is 0 Å². The van der Waals surface area contributed by atoms with Crippen LogP contribution in [0.1, 0.15) is 27.3 Å². The number of aromatic nitrogens is 2. The van der Waals surface area contributed by atoms with Gasteiger partial charge in [-0.3, -0.25) is 4.79 Å². The highest BCUT2D eigenvalue weighted by Gasteiger charge is 2.12. The third-order valence-electron chi connectivity index (χ3n) is 3.33. The first-order chi connectivity index (χ1) is 12.5. The van der Waals surface area contributed by atoms with E-state index in [-0.39, 0.29) is 17.5 Å². The van der Waals surface area contributed by atoms with E-state index in [2.05, 4.69) is 25.3 Å². The first-order valence-electron chi connectivity index (χ1n) is 7.80. The van der Waals surface area contributed by atoms with Gasteiger partial charge in [-0.2, -0.15) is 0 Å². The second-order valence-electron chi connectivity index (χ2n) is 5.18. The number of nitrogens with one attached hydrogen (secondary N) is 2. The lowest BCUT2D eigenvalue weighted by molar-refractivity contribution is 0.0600. The fraction of sp³-hybridized carbons (Fsp3) is 0.294. The van der Waals surface area contributed by atoms with Crippen LogP contribution in [-0.4, -0.2) is 49.2 Å². The van der Waals surface area contributed by atoms with E-state index < -0.39 is 5.97 Å². The van der Waals surface area contributed by atoms with E-state index in [0.29, 0.717) is 35.8 Å². The summed E-state index contributed by atoms with van der Waals surface area (Å²) in [6, 6.07) is 6.13. The Bertz CT molecular complexity index is 785. The predicted molar refractivity (Wildman–Crippen MR) is 96.9 cm³/mol. The van der Waals surface area contributed by atoms with Crippen LogP contribution in [0.2, 0.25) is 5.02 Å². The molecule has 0 aliphatic carbocycles. The monoisotopic (exact) mass is 378 g/mol. The van der Waals surface area contributed by atoms with Gasteiger partial charge >= 0.3 is 5.97 Å². The fourth-order valence-electron chi connectivity index (χ4n) is 2.04. The summed E-state index contributed by atoms with van der Waals surface area (Å²) in [7, 11) is 2.90. The minimum atomic E-state index is -0.491. The van der Waals surface area contributed by atoms with Crippen LogP contribution in [0.15, 0.2) is 30.5 Å². The Kier molecular flexibility index (Phi) is 7.31. The molecule has 0 saturated heterocycles. The van der Waals surface area contributed by atoms with Crippen molar-refractivity contribution in [1.82, 2.24) is 15.3 Å². The molecule has 0 fully saturated rings. The van der Waals surface area contributed by atoms with E-state index in [4.69, 9.17) is 16.3 Å². The highest BCUT2D eigenvalue weighted by Crippen LogP contribution is 2.25. The predicted octanol–water partition coefficient (Wildman–Crippen LogP) is 2.43. The maximum atomic E-state index is 12.1. The van der Waals surface area contributed by atoms with Crippen LogP contribution in [0.25, 0.3) is 0 Å². The molecule has 1 aromatic carbocycles. The van der Waals surface area contributed by atoms with Gasteiger partial charge in [-0.25, -0.2) is 14.8 Å². The number of rotatable bonds is 8. The number of halogens is 1. The molecule has 1 heterocycles. The van der Waals surface area contributed by atoms with E-state index in [9.17, 15) is 9.59 Å². The van der Waals surface area contributed by atoms with Crippen molar-refractivity contribution in [2.75, 3.05) is 32.7 Å². The molecule has 1 aromatic heterocycles. The Hall–Kier alpha value is -2.71. The van der Waals surface area contributed by atoms with E-state index in [0.717, 1.165) is 0 Å². The number of esters is 1. The lowest BCUT2D eigenvalue weighted by atomic mass is 10.2. The third kappa shape index (κ3) is 5.40. The second kappa shape index (κ2) is 9.69. The highest BCUT2D eigenvalue weighted by molar-refractivity contribution is 6.33. The molecule has 2 aromatic rings. The van der Waals surface area contributed by atoms with Crippen molar-refractivity contribution in [3.05, 3.63) is 46.7 Å². The van der Waals surface area contributed by atoms with Crippen molar-refractivity contribution in [2.24, 2.45) is 0 Å². The van der Waals surface area contributed by atoms with E-state index in [1.807, 2.05) is 0 Å². The van der Waals surface area contributed by atoms with Gasteiger partial charge in [0.15, 0.2) is 0 Å². The molecule has 0 saturated carbocycles. The molecular formula is C17H19ClN4O4. The molecule has 2 rings (SSSR count). The average Bonchev–Trinajstić information content (AvgIpc) is 2.66. The number of hydrogen-bond acceptors (Lipinski definition) is 7. The summed E-state index contributed by atoms with van der Waals surface area (Å²) in [5.41, 5.74) is 0.957. The number of ether oxygens (including phenoxy) is 2. The molecule has 0 spiro atoms. The van der Waals surface area contributed by atoms with E-state index in [1.54, 1.807) is 19.2 Å². The molecule has 0 bridgehead atoms. The number of nitrogens with zero attached hydrogens (tertiary/aromatic N) is 2. The Balaban J connectivity index is 2.11. The topological polar surface area (TPSA) is 102 Å². The highest BCUT2D eigenvalue weighted by atomic mass is 35.5. The zero-order valence-corrected chi connectivity index (χ0v) is 15.2. The molecule has 2 N–H and O–H groups in total. The molecule has 1 amide bonds. The van der Waals surface area contributed by atoms with Gasteiger partial charge in [-0.05, 0) is 30.7 Å². The van der Waals surface area contributed by atoms with E-state index in [1.165, 1.54) is 25.4 Å². The quantitative estimate of drug-likeness (QED) is 0.537. The van der Waals surface area contributed by atoms with Gasteiger partial charge in [0.05, 0.1) is 23.4 Å². The van der Waals surface area contributed by atoms with Crippen LogP contribution in [0.5, 0.6) is 0 Å². The van der Waals surface area contributed by atoms with Gasteiger partial charge in [0.2, 0.25) is 5.95 Å². The maximum Gasteiger partial charge on any atom is 0.337 e. The van der Waals surface area contributed by atoms with Crippen molar-refractivity contribution >= 4 is 35.1 Å². The summed E-state index contributed by atoms with van der Waals surface area (Å²) in [5, 5.41) is 6.02. The van der Waals surface area contributed by atoms with Crippen molar-refractivity contribution in [3.8, 4) is 0 Å². The number of hydrogen-bond donors (Lipinski definition) is 2. The summed E-state index contributed by atoms with van der Waals surface area (Å²) in [6.45, 7) is 1.04. The molecular weight excluding hydrogens is 360 g/mol. The van der Waals surface area contributed by atoms with Gasteiger partial charge in [0, 0.05) is 26.5 Å². The molecule has 26 heavy (non-hydrogen) atoms. The molecule has 9 heteroatoms. The smallest absolute Gasteiger partial charge is 0.337 e. The van der Waals surface area contributed by atoms with Gasteiger partial charge in [0.25, 0.3) is 5.91 Å². The summed E-state index contributed by atoms with van der Waals surface area (Å²) in [5.74, 6) is -0.630. The lowest BCUT2D eigenvalue weighted by Crippen LogP contribution is -2.26. The molecule has 8 nitrogen and oxygen atoms in total. The van der Waals surface area contributed by atoms with Crippen LogP contribution in [-0.2, 0) is 9.47 Å². The minimum absolute atomic E-state index is 0.179. The Morgan fingerprint density at radius 3 is 2.77 bits per heavy atom. The third-order valence-corrected chi connectivity index (χ3v) is 3.66. The first-order valence-corrected chi connectivity index (χ1v) is 8.18. The second-order valence-corrected chi connectivity index (χ2v) is 5.59. The normalized spacial score (nSPS) is 10.3. The molecule has 0 unspecified atom stereocenters. The number of anilines is 2. The number of benzene rings is 1. The van der Waals surface area contributed by atoms with Crippen LogP contribution in [0, 0.1) is 0 Å². The zero-order chi connectivity index (χ0) is 18.9. The van der Waals surface area contributed by atoms with Gasteiger partial charge < -0.3 is 20.1 Å². The number of methoxy groups -OCH3 is 2. The van der Waals surface area contributed by atoms with Gasteiger partial charge in [-0.15, -0.1) is 0 Å². The average molecular weight is 379 g/mol. The van der Waals surface area contributed by atoms with E-state index >= 15 is 0 Å². The lowest BCUT2D eigenvalue weighted by Gasteiger charge is -2.10. The fourth-order valence-corrected chi connectivity index (χ4v) is 2.21. The van der Waals surface area contributed by atoms with Crippen LogP contribution < -0.4 is 10.6 Å². The molecule has 138 valence electrons. The summed E-state index contributed by atoms with van der Waals surface area (Å²) < 4.78 is 9.61. The number of carbonyl (C=O) groups excluding carboxylic acids is 2. The van der Waals surface area contributed by atoms with Crippen LogP contribution in [0.4, 0.5) is 11.6 Å². The summed E-state index contributed by atoms with van der Waals surface area (Å²) >= 11 is 6.13. The molecule has 0 atom stereocenters. The summed E-state index contributed by atoms with van der Waals surface area (Å²) in [4.78, 5) is 32.0. The van der Waals surface area contributed by atoms with Crippen molar-refractivity contribution in [2.45, 2.75) is 6.42 Å². The SMILES string of the molecule is COCCCNC(=O)c1ccnc(Nc2cc(C(=O)OC)ccc2Cl)n1. The Morgan fingerprint density at radius 1 is 1.23 bits per heavy atom. The number of amides is 1. The molecule has 0 radical (unpaired) electrons. The van der Waals surface area contributed by atoms with Crippen molar-refractivity contribution in [3.63, 3.8) is 0 Å². The zero-order valence-electron chi connectivity index (χ0n) is 14.4. The Morgan fingerprint density at radius 2 is 2.04 bits per heavy atom. The minimum Gasteiger partial charge on any atom is -0.465 e. The molecule has 0 aliphatic rings. The van der Waals surface area contributed by atoms with Crippen LogP contribution >= 0.6 is 11.6 Å². The molecule has 0 aliphatic heterocycles. The van der Waals surface area contributed by atoms with Gasteiger partial charge in [0.1, 0.15) is 5.69 Å². The van der Waals surface area contributed by atoms with Gasteiger partial charge in [-0.1, -0.05) is 11.6 Å². The standard InChI is InChI=1S/C17H19ClN4O4/c1-25-9-3-7-19-15(23)13-6-8-20-17(21-13)22-14-10-11(16(24)26-2)4-5-12(14)18/h4-6,8,10H,3,7,9H2,1-2H3,(H,19,23)(H,20,21,22). The van der Waals surface area contributed by atoms with Crippen LogP contribution in [0.3, 0.4) is 0 Å². The largest absolute Gasteiger partial charge is 0.465 e. The maximum absolute atomic E-state index is 12.1. The Labute approximate surface area is 155 Å². The number of carbonyl (C=O) groups is 2. The van der Waals surface area contributed by atoms with Crippen molar-refractivity contribution < 1.29 is 19.1 Å². The summed E-state index contributed by atoms with van der Waals surface area (Å²) in [6.07, 6.45) is 2.16.